The Morgan fingerprint density at radius 2 is 2.00 bits per heavy atom. The molecule has 1 rings (SSSR count). The van der Waals surface area contributed by atoms with Gasteiger partial charge in [0, 0.05) is 25.3 Å². The molecule has 0 aliphatic rings. The largest absolute Gasteiger partial charge is 0.389 e. The lowest BCUT2D eigenvalue weighted by Crippen LogP contribution is -2.39. The van der Waals surface area contributed by atoms with Gasteiger partial charge in [0.1, 0.15) is 5.82 Å². The summed E-state index contributed by atoms with van der Waals surface area (Å²) in [6.45, 7) is 10.6. The van der Waals surface area contributed by atoms with Crippen LogP contribution in [0.25, 0.3) is 0 Å². The smallest absolute Gasteiger partial charge is 0.123 e. The predicted octanol–water partition coefficient (Wildman–Crippen LogP) is 2.92. The number of nitrogens with one attached hydrogen (secondary N) is 1. The third-order valence-electron chi connectivity index (χ3n) is 3.08. The second-order valence-electron chi connectivity index (χ2n) is 5.78. The minimum atomic E-state index is -0.779. The summed E-state index contributed by atoms with van der Waals surface area (Å²) in [4.78, 5) is 2.09. The average Bonchev–Trinajstić information content (AvgIpc) is 2.36. The van der Waals surface area contributed by atoms with Gasteiger partial charge in [0.2, 0.25) is 0 Å². The molecular formula is C16H27FN2O. The third kappa shape index (κ3) is 5.47. The predicted molar refractivity (Wildman–Crippen MR) is 82.6 cm³/mol. The second-order valence-corrected chi connectivity index (χ2v) is 5.78. The first-order chi connectivity index (χ1) is 9.37. The fraction of sp³-hybridized carbons (Fsp3) is 0.625. The monoisotopic (exact) mass is 282 g/mol. The number of anilines is 1. The molecule has 0 saturated heterocycles. The zero-order chi connectivity index (χ0) is 15.2. The van der Waals surface area contributed by atoms with Crippen molar-refractivity contribution in [2.45, 2.75) is 46.3 Å². The van der Waals surface area contributed by atoms with Crippen molar-refractivity contribution in [3.63, 3.8) is 0 Å². The van der Waals surface area contributed by atoms with Gasteiger partial charge in [-0.05, 0) is 57.5 Å². The number of aliphatic hydroxyl groups is 1. The summed E-state index contributed by atoms with van der Waals surface area (Å²) >= 11 is 0. The Hall–Kier alpha value is -1.13. The maximum absolute atomic E-state index is 13.5. The molecule has 0 heterocycles. The van der Waals surface area contributed by atoms with Crippen molar-refractivity contribution in [1.82, 2.24) is 5.32 Å². The number of nitrogens with zero attached hydrogens (tertiary/aromatic N) is 1. The van der Waals surface area contributed by atoms with Gasteiger partial charge in [-0.3, -0.25) is 0 Å². The van der Waals surface area contributed by atoms with Crippen molar-refractivity contribution < 1.29 is 9.50 Å². The number of likely N-dealkylation sites (N-methyl/N-ethyl adjacent to an activating group) is 1. The van der Waals surface area contributed by atoms with Crippen LogP contribution in [0.2, 0.25) is 0 Å². The van der Waals surface area contributed by atoms with Crippen molar-refractivity contribution in [3.05, 3.63) is 29.6 Å². The lowest BCUT2D eigenvalue weighted by molar-refractivity contribution is 0.0875. The highest BCUT2D eigenvalue weighted by Gasteiger charge is 2.19. The summed E-state index contributed by atoms with van der Waals surface area (Å²) in [5.74, 6) is -0.221. The Kier molecular flexibility index (Phi) is 6.43. The molecule has 0 aromatic heterocycles. The van der Waals surface area contributed by atoms with Crippen molar-refractivity contribution in [2.75, 3.05) is 24.5 Å². The molecular weight excluding hydrogens is 255 g/mol. The van der Waals surface area contributed by atoms with E-state index in [1.54, 1.807) is 26.0 Å². The lowest BCUT2D eigenvalue weighted by atomic mass is 10.1. The second kappa shape index (κ2) is 7.60. The van der Waals surface area contributed by atoms with E-state index in [0.29, 0.717) is 13.1 Å². The fourth-order valence-electron chi connectivity index (χ4n) is 2.24. The molecule has 0 unspecified atom stereocenters. The van der Waals surface area contributed by atoms with Gasteiger partial charge in [-0.25, -0.2) is 4.39 Å². The molecule has 0 spiro atoms. The molecule has 0 radical (unpaired) electrons. The molecule has 114 valence electrons. The van der Waals surface area contributed by atoms with Gasteiger partial charge in [0.25, 0.3) is 0 Å². The third-order valence-corrected chi connectivity index (χ3v) is 3.08. The Morgan fingerprint density at radius 3 is 2.55 bits per heavy atom. The lowest BCUT2D eigenvalue weighted by Gasteiger charge is -2.31. The summed E-state index contributed by atoms with van der Waals surface area (Å²) in [5, 5.41) is 13.3. The SMILES string of the molecule is CCCNCc1cc(F)ccc1N(CC)CC(C)(C)O. The number of hydrogen-bond acceptors (Lipinski definition) is 3. The molecule has 0 fully saturated rings. The van der Waals surface area contributed by atoms with Gasteiger partial charge >= 0.3 is 0 Å². The highest BCUT2D eigenvalue weighted by molar-refractivity contribution is 5.54. The van der Waals surface area contributed by atoms with Crippen LogP contribution in [0, 0.1) is 5.82 Å². The van der Waals surface area contributed by atoms with Crippen molar-refractivity contribution in [3.8, 4) is 0 Å². The Balaban J connectivity index is 2.95. The van der Waals surface area contributed by atoms with E-state index in [9.17, 15) is 9.50 Å². The van der Waals surface area contributed by atoms with E-state index in [1.165, 1.54) is 6.07 Å². The molecule has 1 aromatic carbocycles. The minimum absolute atomic E-state index is 0.221. The number of halogens is 1. The van der Waals surface area contributed by atoms with E-state index < -0.39 is 5.60 Å². The van der Waals surface area contributed by atoms with Crippen molar-refractivity contribution in [2.24, 2.45) is 0 Å². The molecule has 0 atom stereocenters. The van der Waals surface area contributed by atoms with Gasteiger partial charge in [-0.1, -0.05) is 6.92 Å². The normalized spacial score (nSPS) is 11.7. The Bertz CT molecular complexity index is 415. The van der Waals surface area contributed by atoms with E-state index in [-0.39, 0.29) is 5.82 Å². The van der Waals surface area contributed by atoms with E-state index in [4.69, 9.17) is 0 Å². The average molecular weight is 282 g/mol. The van der Waals surface area contributed by atoms with Gasteiger partial charge < -0.3 is 15.3 Å². The van der Waals surface area contributed by atoms with Crippen LogP contribution in [-0.4, -0.2) is 30.3 Å². The van der Waals surface area contributed by atoms with Gasteiger partial charge in [0.15, 0.2) is 0 Å². The molecule has 0 amide bonds. The van der Waals surface area contributed by atoms with Crippen LogP contribution in [0.4, 0.5) is 10.1 Å². The van der Waals surface area contributed by atoms with Gasteiger partial charge in [-0.2, -0.15) is 0 Å². The molecule has 4 heteroatoms. The first kappa shape index (κ1) is 16.9. The molecule has 2 N–H and O–H groups in total. The maximum Gasteiger partial charge on any atom is 0.123 e. The summed E-state index contributed by atoms with van der Waals surface area (Å²) < 4.78 is 13.5. The van der Waals surface area contributed by atoms with Crippen LogP contribution in [0.1, 0.15) is 39.7 Å². The maximum atomic E-state index is 13.5. The van der Waals surface area contributed by atoms with Crippen molar-refractivity contribution >= 4 is 5.69 Å². The molecule has 20 heavy (non-hydrogen) atoms. The van der Waals surface area contributed by atoms with Crippen LogP contribution in [0.15, 0.2) is 18.2 Å². The number of hydrogen-bond donors (Lipinski definition) is 2. The highest BCUT2D eigenvalue weighted by atomic mass is 19.1. The molecule has 0 aliphatic carbocycles. The zero-order valence-electron chi connectivity index (χ0n) is 13.0. The van der Waals surface area contributed by atoms with Crippen LogP contribution >= 0.6 is 0 Å². The molecule has 3 nitrogen and oxygen atoms in total. The number of rotatable bonds is 8. The van der Waals surface area contributed by atoms with E-state index in [2.05, 4.69) is 17.1 Å². The number of benzene rings is 1. The minimum Gasteiger partial charge on any atom is -0.389 e. The summed E-state index contributed by atoms with van der Waals surface area (Å²) in [5.41, 5.74) is 1.14. The van der Waals surface area contributed by atoms with Gasteiger partial charge in [-0.15, -0.1) is 0 Å². The van der Waals surface area contributed by atoms with Crippen molar-refractivity contribution in [1.29, 1.82) is 0 Å². The molecule has 0 saturated carbocycles. The molecule has 0 bridgehead atoms. The Morgan fingerprint density at radius 1 is 1.30 bits per heavy atom. The summed E-state index contributed by atoms with van der Waals surface area (Å²) in [6, 6.07) is 4.85. The summed E-state index contributed by atoms with van der Waals surface area (Å²) in [6.07, 6.45) is 1.05. The van der Waals surface area contributed by atoms with Gasteiger partial charge in [0.05, 0.1) is 5.60 Å². The quantitative estimate of drug-likeness (QED) is 0.720. The van der Waals surface area contributed by atoms with Crippen LogP contribution in [-0.2, 0) is 6.54 Å². The van der Waals surface area contributed by atoms with E-state index in [1.807, 2.05) is 6.92 Å². The van der Waals surface area contributed by atoms with Crippen LogP contribution < -0.4 is 10.2 Å². The highest BCUT2D eigenvalue weighted by Crippen LogP contribution is 2.23. The Labute approximate surface area is 121 Å². The fourth-order valence-corrected chi connectivity index (χ4v) is 2.24. The van der Waals surface area contributed by atoms with E-state index >= 15 is 0 Å². The standard InChI is InChI=1S/C16H27FN2O/c1-5-9-18-11-13-10-14(17)7-8-15(13)19(6-2)12-16(3,4)20/h7-8,10,18,20H,5-6,9,11-12H2,1-4H3. The molecule has 1 aromatic rings. The topological polar surface area (TPSA) is 35.5 Å². The zero-order valence-corrected chi connectivity index (χ0v) is 13.0. The van der Waals surface area contributed by atoms with Crippen LogP contribution in [0.5, 0.6) is 0 Å². The first-order valence-electron chi connectivity index (χ1n) is 7.34. The van der Waals surface area contributed by atoms with E-state index in [0.717, 1.165) is 30.8 Å². The summed E-state index contributed by atoms with van der Waals surface area (Å²) in [7, 11) is 0. The van der Waals surface area contributed by atoms with Crippen LogP contribution in [0.3, 0.4) is 0 Å². The molecule has 0 aliphatic heterocycles. The first-order valence-corrected chi connectivity index (χ1v) is 7.34.